The number of nitrogens with two attached hydrogens (primary N) is 1. The molecule has 4 nitrogen and oxygen atoms in total. The fourth-order valence-corrected chi connectivity index (χ4v) is 2.05. The molecule has 4 N–H and O–H groups in total. The summed E-state index contributed by atoms with van der Waals surface area (Å²) >= 11 is 0. The van der Waals surface area contributed by atoms with Crippen molar-refractivity contribution in [3.63, 3.8) is 0 Å². The SMILES string of the molecule is CC(C)C(CN)(Cc1ccc(CO)cc1)C(=O)O. The molecule has 1 atom stereocenters. The van der Waals surface area contributed by atoms with E-state index >= 15 is 0 Å². The number of aliphatic hydroxyl groups excluding tert-OH is 1. The van der Waals surface area contributed by atoms with Gasteiger partial charge in [-0.3, -0.25) is 4.79 Å². The molecule has 0 saturated carbocycles. The Balaban J connectivity index is 2.99. The van der Waals surface area contributed by atoms with Gasteiger partial charge in [0.1, 0.15) is 0 Å². The second-order valence-corrected chi connectivity index (χ2v) is 4.97. The number of hydrogen-bond acceptors (Lipinski definition) is 3. The van der Waals surface area contributed by atoms with E-state index in [0.29, 0.717) is 6.42 Å². The molecule has 100 valence electrons. The van der Waals surface area contributed by atoms with Crippen molar-refractivity contribution in [2.75, 3.05) is 6.54 Å². The Labute approximate surface area is 107 Å². The van der Waals surface area contributed by atoms with Crippen LogP contribution in [0.25, 0.3) is 0 Å². The lowest BCUT2D eigenvalue weighted by Gasteiger charge is -2.32. The third-order valence-electron chi connectivity index (χ3n) is 3.62. The molecule has 4 heteroatoms. The predicted molar refractivity (Wildman–Crippen MR) is 70.0 cm³/mol. The van der Waals surface area contributed by atoms with Gasteiger partial charge in [-0.25, -0.2) is 0 Å². The van der Waals surface area contributed by atoms with Gasteiger partial charge < -0.3 is 15.9 Å². The fraction of sp³-hybridized carbons (Fsp3) is 0.500. The summed E-state index contributed by atoms with van der Waals surface area (Å²) < 4.78 is 0. The molecule has 1 unspecified atom stereocenters. The van der Waals surface area contributed by atoms with Crippen LogP contribution in [0, 0.1) is 11.3 Å². The van der Waals surface area contributed by atoms with E-state index in [-0.39, 0.29) is 19.1 Å². The van der Waals surface area contributed by atoms with Crippen LogP contribution in [0.4, 0.5) is 0 Å². The van der Waals surface area contributed by atoms with E-state index in [1.165, 1.54) is 0 Å². The number of aliphatic carboxylic acids is 1. The molecule has 0 aliphatic carbocycles. The lowest BCUT2D eigenvalue weighted by molar-refractivity contribution is -0.151. The van der Waals surface area contributed by atoms with E-state index < -0.39 is 11.4 Å². The zero-order chi connectivity index (χ0) is 13.8. The summed E-state index contributed by atoms with van der Waals surface area (Å²) in [6, 6.07) is 7.31. The summed E-state index contributed by atoms with van der Waals surface area (Å²) in [7, 11) is 0. The van der Waals surface area contributed by atoms with Gasteiger partial charge in [-0.15, -0.1) is 0 Å². The Kier molecular flexibility index (Phi) is 4.87. The Morgan fingerprint density at radius 2 is 1.78 bits per heavy atom. The topological polar surface area (TPSA) is 83.5 Å². The highest BCUT2D eigenvalue weighted by atomic mass is 16.4. The third-order valence-corrected chi connectivity index (χ3v) is 3.62. The standard InChI is InChI=1S/C14H21NO3/c1-10(2)14(9-15,13(17)18)7-11-3-5-12(8-16)6-4-11/h3-6,10,16H,7-9,15H2,1-2H3,(H,17,18). The number of aliphatic hydroxyl groups is 1. The first kappa shape index (κ1) is 14.7. The van der Waals surface area contributed by atoms with Crippen LogP contribution in [0.3, 0.4) is 0 Å². The van der Waals surface area contributed by atoms with Gasteiger partial charge in [-0.1, -0.05) is 38.1 Å². The monoisotopic (exact) mass is 251 g/mol. The Morgan fingerprint density at radius 3 is 2.11 bits per heavy atom. The summed E-state index contributed by atoms with van der Waals surface area (Å²) in [6.45, 7) is 3.86. The van der Waals surface area contributed by atoms with Crippen LogP contribution >= 0.6 is 0 Å². The van der Waals surface area contributed by atoms with Crippen molar-refractivity contribution in [1.29, 1.82) is 0 Å². The lowest BCUT2D eigenvalue weighted by atomic mass is 9.72. The van der Waals surface area contributed by atoms with Gasteiger partial charge in [0, 0.05) is 6.54 Å². The van der Waals surface area contributed by atoms with E-state index in [9.17, 15) is 9.90 Å². The molecule has 0 aromatic heterocycles. The van der Waals surface area contributed by atoms with Gasteiger partial charge in [0.15, 0.2) is 0 Å². The summed E-state index contributed by atoms with van der Waals surface area (Å²) in [4.78, 5) is 11.5. The Bertz CT molecular complexity index is 400. The highest BCUT2D eigenvalue weighted by Crippen LogP contribution is 2.31. The van der Waals surface area contributed by atoms with Gasteiger partial charge in [0.25, 0.3) is 0 Å². The molecule has 1 aromatic rings. The average Bonchev–Trinajstić information content (AvgIpc) is 2.36. The molecule has 0 aliphatic rings. The van der Waals surface area contributed by atoms with Gasteiger partial charge in [0.05, 0.1) is 12.0 Å². The molecule has 0 saturated heterocycles. The van der Waals surface area contributed by atoms with Crippen molar-refractivity contribution in [3.8, 4) is 0 Å². The molecule has 1 rings (SSSR count). The summed E-state index contributed by atoms with van der Waals surface area (Å²) in [6.07, 6.45) is 0.405. The van der Waals surface area contributed by atoms with Crippen LogP contribution in [-0.2, 0) is 17.8 Å². The fourth-order valence-electron chi connectivity index (χ4n) is 2.05. The molecule has 0 aliphatic heterocycles. The van der Waals surface area contributed by atoms with Crippen LogP contribution < -0.4 is 5.73 Å². The largest absolute Gasteiger partial charge is 0.481 e. The maximum atomic E-state index is 11.5. The van der Waals surface area contributed by atoms with Crippen LogP contribution in [0.5, 0.6) is 0 Å². The normalized spacial score (nSPS) is 14.5. The highest BCUT2D eigenvalue weighted by Gasteiger charge is 2.40. The van der Waals surface area contributed by atoms with E-state index in [2.05, 4.69) is 0 Å². The molecular weight excluding hydrogens is 230 g/mol. The molecule has 0 heterocycles. The predicted octanol–water partition coefficient (Wildman–Crippen LogP) is 1.41. The van der Waals surface area contributed by atoms with Crippen LogP contribution in [-0.4, -0.2) is 22.7 Å². The first-order valence-electron chi connectivity index (χ1n) is 6.08. The minimum atomic E-state index is -0.930. The van der Waals surface area contributed by atoms with Crippen LogP contribution in [0.15, 0.2) is 24.3 Å². The second-order valence-electron chi connectivity index (χ2n) is 4.97. The molecule has 0 fully saturated rings. The van der Waals surface area contributed by atoms with Gasteiger partial charge in [-0.05, 0) is 23.5 Å². The molecule has 0 spiro atoms. The maximum absolute atomic E-state index is 11.5. The van der Waals surface area contributed by atoms with E-state index in [4.69, 9.17) is 10.8 Å². The smallest absolute Gasteiger partial charge is 0.311 e. The van der Waals surface area contributed by atoms with Gasteiger partial charge >= 0.3 is 5.97 Å². The van der Waals surface area contributed by atoms with Crippen molar-refractivity contribution in [3.05, 3.63) is 35.4 Å². The first-order chi connectivity index (χ1) is 8.46. The highest BCUT2D eigenvalue weighted by molar-refractivity contribution is 5.75. The minimum Gasteiger partial charge on any atom is -0.481 e. The number of hydrogen-bond donors (Lipinski definition) is 3. The molecule has 0 radical (unpaired) electrons. The Hall–Kier alpha value is -1.39. The maximum Gasteiger partial charge on any atom is 0.311 e. The number of carboxylic acid groups (broad SMARTS) is 1. The third kappa shape index (κ3) is 2.89. The van der Waals surface area contributed by atoms with Crippen molar-refractivity contribution < 1.29 is 15.0 Å². The summed E-state index contributed by atoms with van der Waals surface area (Å²) in [5.41, 5.74) is 6.50. The van der Waals surface area contributed by atoms with Crippen molar-refractivity contribution in [1.82, 2.24) is 0 Å². The van der Waals surface area contributed by atoms with Crippen LogP contribution in [0.2, 0.25) is 0 Å². The van der Waals surface area contributed by atoms with Crippen molar-refractivity contribution in [2.24, 2.45) is 17.1 Å². The van der Waals surface area contributed by atoms with Crippen molar-refractivity contribution >= 4 is 5.97 Å². The number of carboxylic acids is 1. The van der Waals surface area contributed by atoms with E-state index in [1.54, 1.807) is 12.1 Å². The lowest BCUT2D eigenvalue weighted by Crippen LogP contribution is -2.45. The molecule has 0 amide bonds. The van der Waals surface area contributed by atoms with Gasteiger partial charge in [0.2, 0.25) is 0 Å². The molecule has 18 heavy (non-hydrogen) atoms. The number of benzene rings is 1. The minimum absolute atomic E-state index is 0.00851. The van der Waals surface area contributed by atoms with E-state index in [1.807, 2.05) is 26.0 Å². The van der Waals surface area contributed by atoms with Crippen LogP contribution in [0.1, 0.15) is 25.0 Å². The Morgan fingerprint density at radius 1 is 1.28 bits per heavy atom. The first-order valence-corrected chi connectivity index (χ1v) is 6.08. The van der Waals surface area contributed by atoms with E-state index in [0.717, 1.165) is 11.1 Å². The summed E-state index contributed by atoms with van der Waals surface area (Å²) in [5, 5.41) is 18.4. The zero-order valence-corrected chi connectivity index (χ0v) is 10.9. The molecule has 0 bridgehead atoms. The number of carbonyl (C=O) groups is 1. The second kappa shape index (κ2) is 5.98. The quantitative estimate of drug-likeness (QED) is 0.713. The zero-order valence-electron chi connectivity index (χ0n) is 10.9. The van der Waals surface area contributed by atoms with Crippen molar-refractivity contribution in [2.45, 2.75) is 26.9 Å². The number of rotatable bonds is 6. The summed E-state index contributed by atoms with van der Waals surface area (Å²) in [5.74, 6) is -0.899. The molecular formula is C14H21NO3. The average molecular weight is 251 g/mol. The van der Waals surface area contributed by atoms with Gasteiger partial charge in [-0.2, -0.15) is 0 Å². The molecule has 1 aromatic carbocycles.